The lowest BCUT2D eigenvalue weighted by atomic mass is 10.2. The molecule has 0 saturated heterocycles. The normalized spacial score (nSPS) is 12.2. The summed E-state index contributed by atoms with van der Waals surface area (Å²) in [6, 6.07) is 10.2. The van der Waals surface area contributed by atoms with Gasteiger partial charge in [0.1, 0.15) is 0 Å². The number of carbonyl (C=O) groups excluding carboxylic acids is 1. The predicted octanol–water partition coefficient (Wildman–Crippen LogP) is 3.43. The number of aromatic nitrogens is 3. The van der Waals surface area contributed by atoms with Crippen molar-refractivity contribution in [1.29, 1.82) is 0 Å². The highest BCUT2D eigenvalue weighted by atomic mass is 35.5. The molecule has 1 aromatic heterocycles. The Kier molecular flexibility index (Phi) is 5.21. The summed E-state index contributed by atoms with van der Waals surface area (Å²) in [4.78, 5) is 12.2. The van der Waals surface area contributed by atoms with Crippen LogP contribution in [0, 0.1) is 0 Å². The number of carbonyl (C=O) groups is 1. The smallest absolute Gasteiger partial charge is 0.234 e. The van der Waals surface area contributed by atoms with Gasteiger partial charge in [0.15, 0.2) is 17.3 Å². The van der Waals surface area contributed by atoms with E-state index in [0.717, 1.165) is 11.8 Å². The van der Waals surface area contributed by atoms with Gasteiger partial charge in [-0.1, -0.05) is 35.0 Å². The number of anilines is 1. The van der Waals surface area contributed by atoms with Gasteiger partial charge in [0.25, 0.3) is 0 Å². The van der Waals surface area contributed by atoms with E-state index in [1.165, 1.54) is 4.68 Å². The third-order valence-electron chi connectivity index (χ3n) is 3.83. The van der Waals surface area contributed by atoms with Gasteiger partial charge in [-0.25, -0.2) is 4.68 Å². The zero-order chi connectivity index (χ0) is 19.7. The number of benzene rings is 2. The molecule has 11 heteroatoms. The average molecular weight is 438 g/mol. The summed E-state index contributed by atoms with van der Waals surface area (Å²) < 4.78 is 11.8. The summed E-state index contributed by atoms with van der Waals surface area (Å²) in [5.41, 5.74) is 1.20. The molecule has 0 unspecified atom stereocenters. The van der Waals surface area contributed by atoms with E-state index in [1.807, 2.05) is 0 Å². The zero-order valence-electron chi connectivity index (χ0n) is 14.2. The number of nitrogens with one attached hydrogen (secondary N) is 1. The molecule has 8 nitrogen and oxygen atoms in total. The minimum absolute atomic E-state index is 0.0954. The highest BCUT2D eigenvalue weighted by Gasteiger charge is 2.17. The molecule has 0 radical (unpaired) electrons. The third-order valence-corrected chi connectivity index (χ3v) is 5.32. The second-order valence-corrected chi connectivity index (χ2v) is 7.49. The van der Waals surface area contributed by atoms with Crippen molar-refractivity contribution < 1.29 is 14.3 Å². The van der Waals surface area contributed by atoms with Gasteiger partial charge in [-0.3, -0.25) is 4.79 Å². The van der Waals surface area contributed by atoms with Crippen LogP contribution in [0.25, 0.3) is 11.4 Å². The van der Waals surface area contributed by atoms with Crippen LogP contribution < -0.4 is 20.6 Å². The number of nitrogen functional groups attached to an aromatic ring is 1. The van der Waals surface area contributed by atoms with E-state index in [9.17, 15) is 4.79 Å². The predicted molar refractivity (Wildman–Crippen MR) is 108 cm³/mol. The highest BCUT2D eigenvalue weighted by Crippen LogP contribution is 2.34. The number of halogens is 2. The summed E-state index contributed by atoms with van der Waals surface area (Å²) >= 11 is 13.3. The summed E-state index contributed by atoms with van der Waals surface area (Å²) in [6.07, 6.45) is 0. The molecule has 28 heavy (non-hydrogen) atoms. The summed E-state index contributed by atoms with van der Waals surface area (Å²) in [7, 11) is 0. The molecule has 0 saturated carbocycles. The molecule has 1 aliphatic rings. The van der Waals surface area contributed by atoms with E-state index in [-0.39, 0.29) is 18.5 Å². The average Bonchev–Trinajstić information content (AvgIpc) is 3.26. The van der Waals surface area contributed by atoms with Gasteiger partial charge in [-0.05, 0) is 30.3 Å². The van der Waals surface area contributed by atoms with Gasteiger partial charge in [-0.2, -0.15) is 0 Å². The Labute approximate surface area is 173 Å². The van der Waals surface area contributed by atoms with Crippen molar-refractivity contribution in [3.05, 3.63) is 46.4 Å². The van der Waals surface area contributed by atoms with Gasteiger partial charge < -0.3 is 20.6 Å². The Morgan fingerprint density at radius 1 is 1.18 bits per heavy atom. The molecule has 0 aliphatic carbocycles. The lowest BCUT2D eigenvalue weighted by molar-refractivity contribution is -0.113. The van der Waals surface area contributed by atoms with Crippen molar-refractivity contribution in [3.8, 4) is 22.9 Å². The largest absolute Gasteiger partial charge is 0.454 e. The molecule has 1 amide bonds. The number of hydrogen-bond acceptors (Lipinski definition) is 7. The number of thioether (sulfide) groups is 1. The van der Waals surface area contributed by atoms with Gasteiger partial charge in [0, 0.05) is 22.3 Å². The SMILES string of the molecule is Nn1c(SCC(=O)Nc2ccc3c(c2)OCO3)nnc1-c1ccc(Cl)cc1Cl. The number of nitrogens with two attached hydrogens (primary N) is 1. The Bertz CT molecular complexity index is 1060. The summed E-state index contributed by atoms with van der Waals surface area (Å²) in [5.74, 6) is 7.55. The number of hydrogen-bond donors (Lipinski definition) is 2. The van der Waals surface area contributed by atoms with Crippen LogP contribution >= 0.6 is 35.0 Å². The van der Waals surface area contributed by atoms with Crippen LogP contribution in [0.2, 0.25) is 10.0 Å². The monoisotopic (exact) mass is 437 g/mol. The molecular formula is C17H13Cl2N5O3S. The van der Waals surface area contributed by atoms with Crippen LogP contribution in [0.15, 0.2) is 41.6 Å². The molecule has 0 spiro atoms. The second kappa shape index (κ2) is 7.78. The van der Waals surface area contributed by atoms with Crippen LogP contribution in [-0.4, -0.2) is 33.3 Å². The number of rotatable bonds is 5. The van der Waals surface area contributed by atoms with Gasteiger partial charge >= 0.3 is 0 Å². The van der Waals surface area contributed by atoms with Crippen LogP contribution in [0.1, 0.15) is 0 Å². The summed E-state index contributed by atoms with van der Waals surface area (Å²) in [6.45, 7) is 0.175. The fourth-order valence-electron chi connectivity index (χ4n) is 2.53. The van der Waals surface area contributed by atoms with Crippen molar-refractivity contribution >= 4 is 46.6 Å². The molecule has 2 heterocycles. The molecule has 0 fully saturated rings. The Morgan fingerprint density at radius 3 is 2.82 bits per heavy atom. The lowest BCUT2D eigenvalue weighted by Gasteiger charge is -2.07. The number of fused-ring (bicyclic) bond motifs is 1. The quantitative estimate of drug-likeness (QED) is 0.465. The molecule has 144 valence electrons. The van der Waals surface area contributed by atoms with E-state index >= 15 is 0 Å². The molecule has 3 N–H and O–H groups in total. The molecule has 4 rings (SSSR count). The minimum Gasteiger partial charge on any atom is -0.454 e. The first-order valence-corrected chi connectivity index (χ1v) is 9.73. The topological polar surface area (TPSA) is 104 Å². The lowest BCUT2D eigenvalue weighted by Crippen LogP contribution is -2.16. The first kappa shape index (κ1) is 18.7. The van der Waals surface area contributed by atoms with Crippen LogP contribution in [-0.2, 0) is 4.79 Å². The molecule has 3 aromatic rings. The van der Waals surface area contributed by atoms with Crippen molar-refractivity contribution in [2.24, 2.45) is 0 Å². The zero-order valence-corrected chi connectivity index (χ0v) is 16.5. The Balaban J connectivity index is 1.41. The molecule has 1 aliphatic heterocycles. The van der Waals surface area contributed by atoms with E-state index in [4.69, 9.17) is 38.5 Å². The standard InChI is InChI=1S/C17H13Cl2N5O3S/c18-9-1-3-11(12(19)5-9)16-22-23-17(24(16)20)28-7-15(25)21-10-2-4-13-14(6-10)27-8-26-13/h1-6H,7-8,20H2,(H,21,25). The fraction of sp³-hybridized carbons (Fsp3) is 0.118. The van der Waals surface area contributed by atoms with E-state index in [2.05, 4.69) is 15.5 Å². The van der Waals surface area contributed by atoms with Gasteiger partial charge in [0.2, 0.25) is 17.9 Å². The number of ether oxygens (including phenoxy) is 2. The van der Waals surface area contributed by atoms with Crippen molar-refractivity contribution in [2.75, 3.05) is 23.7 Å². The molecule has 2 aromatic carbocycles. The first-order chi connectivity index (χ1) is 13.5. The summed E-state index contributed by atoms with van der Waals surface area (Å²) in [5, 5.41) is 12.2. The molecule has 0 bridgehead atoms. The number of nitrogens with zero attached hydrogens (tertiary/aromatic N) is 3. The highest BCUT2D eigenvalue weighted by molar-refractivity contribution is 7.99. The van der Waals surface area contributed by atoms with Crippen LogP contribution in [0.3, 0.4) is 0 Å². The Hall–Kier alpha value is -2.62. The number of amides is 1. The first-order valence-electron chi connectivity index (χ1n) is 7.99. The third kappa shape index (κ3) is 3.82. The Morgan fingerprint density at radius 2 is 2.00 bits per heavy atom. The molecule has 0 atom stereocenters. The second-order valence-electron chi connectivity index (χ2n) is 5.71. The molecular weight excluding hydrogens is 425 g/mol. The maximum Gasteiger partial charge on any atom is 0.234 e. The fourth-order valence-corrected chi connectivity index (χ4v) is 3.68. The van der Waals surface area contributed by atoms with Gasteiger partial charge in [0.05, 0.1) is 10.8 Å². The minimum atomic E-state index is -0.224. The van der Waals surface area contributed by atoms with Gasteiger partial charge in [-0.15, -0.1) is 10.2 Å². The van der Waals surface area contributed by atoms with Crippen molar-refractivity contribution in [1.82, 2.24) is 14.9 Å². The van der Waals surface area contributed by atoms with Crippen molar-refractivity contribution in [3.63, 3.8) is 0 Å². The maximum absolute atomic E-state index is 12.2. The van der Waals surface area contributed by atoms with Crippen molar-refractivity contribution in [2.45, 2.75) is 5.16 Å². The maximum atomic E-state index is 12.2. The van der Waals surface area contributed by atoms with Crippen LogP contribution in [0.4, 0.5) is 5.69 Å². The van der Waals surface area contributed by atoms with E-state index < -0.39 is 0 Å². The van der Waals surface area contributed by atoms with E-state index in [0.29, 0.717) is 43.8 Å². The van der Waals surface area contributed by atoms with Crippen LogP contribution in [0.5, 0.6) is 11.5 Å². The van der Waals surface area contributed by atoms with E-state index in [1.54, 1.807) is 36.4 Å².